The first kappa shape index (κ1) is 12.7. The minimum absolute atomic E-state index is 0.149. The molecule has 0 unspecified atom stereocenters. The van der Waals surface area contributed by atoms with Gasteiger partial charge in [-0.1, -0.05) is 13.8 Å². The van der Waals surface area contributed by atoms with E-state index in [1.807, 2.05) is 6.92 Å². The Morgan fingerprint density at radius 1 is 1.50 bits per heavy atom. The van der Waals surface area contributed by atoms with Crippen LogP contribution in [0.2, 0.25) is 0 Å². The second-order valence-corrected chi connectivity index (χ2v) is 4.52. The summed E-state index contributed by atoms with van der Waals surface area (Å²) in [5.74, 6) is 2.15. The highest BCUT2D eigenvalue weighted by molar-refractivity contribution is 5.75. The number of aryl methyl sites for hydroxylation is 1. The van der Waals surface area contributed by atoms with Crippen LogP contribution < -0.4 is 0 Å². The second kappa shape index (κ2) is 5.63. The summed E-state index contributed by atoms with van der Waals surface area (Å²) in [4.78, 5) is 17.6. The lowest BCUT2D eigenvalue weighted by atomic mass is 10.1. The average molecular weight is 224 g/mol. The van der Waals surface area contributed by atoms with Crippen LogP contribution in [-0.2, 0) is 11.3 Å². The smallest absolute Gasteiger partial charge is 0.222 e. The van der Waals surface area contributed by atoms with Gasteiger partial charge in [-0.25, -0.2) is 4.98 Å². The molecule has 1 aromatic heterocycles. The third-order valence-electron chi connectivity index (χ3n) is 2.38. The number of aromatic nitrogens is 3. The second-order valence-electron chi connectivity index (χ2n) is 4.52. The number of carbonyl (C=O) groups excluding carboxylic acids is 1. The summed E-state index contributed by atoms with van der Waals surface area (Å²) < 4.78 is 0. The first-order chi connectivity index (χ1) is 7.49. The molecule has 16 heavy (non-hydrogen) atoms. The van der Waals surface area contributed by atoms with Crippen molar-refractivity contribution < 1.29 is 4.79 Å². The fourth-order valence-electron chi connectivity index (χ4n) is 1.36. The SMILES string of the molecule is Cc1nc(CN(C)C(=O)CCC(C)C)n[nH]1. The van der Waals surface area contributed by atoms with Crippen molar-refractivity contribution in [3.8, 4) is 0 Å². The molecule has 0 fully saturated rings. The molecule has 0 aromatic carbocycles. The first-order valence-corrected chi connectivity index (χ1v) is 5.61. The fraction of sp³-hybridized carbons (Fsp3) is 0.727. The lowest BCUT2D eigenvalue weighted by Gasteiger charge is -2.15. The Balaban J connectivity index is 2.39. The van der Waals surface area contributed by atoms with E-state index in [1.165, 1.54) is 0 Å². The molecule has 90 valence electrons. The largest absolute Gasteiger partial charge is 0.338 e. The van der Waals surface area contributed by atoms with Crippen LogP contribution in [0.1, 0.15) is 38.3 Å². The number of hydrogen-bond donors (Lipinski definition) is 1. The molecular formula is C11H20N4O. The van der Waals surface area contributed by atoms with Crippen molar-refractivity contribution in [3.63, 3.8) is 0 Å². The van der Waals surface area contributed by atoms with E-state index in [2.05, 4.69) is 29.0 Å². The molecule has 0 aliphatic heterocycles. The van der Waals surface area contributed by atoms with Gasteiger partial charge in [0.2, 0.25) is 5.91 Å². The Hall–Kier alpha value is -1.39. The molecule has 1 rings (SSSR count). The topological polar surface area (TPSA) is 61.9 Å². The predicted octanol–water partition coefficient (Wildman–Crippen LogP) is 1.51. The lowest BCUT2D eigenvalue weighted by Crippen LogP contribution is -2.26. The molecule has 0 atom stereocenters. The van der Waals surface area contributed by atoms with E-state index >= 15 is 0 Å². The predicted molar refractivity (Wildman–Crippen MR) is 61.7 cm³/mol. The van der Waals surface area contributed by atoms with Gasteiger partial charge in [0.25, 0.3) is 0 Å². The van der Waals surface area contributed by atoms with Gasteiger partial charge in [0, 0.05) is 13.5 Å². The number of rotatable bonds is 5. The van der Waals surface area contributed by atoms with Crippen LogP contribution >= 0.6 is 0 Å². The van der Waals surface area contributed by atoms with Crippen molar-refractivity contribution in [1.29, 1.82) is 0 Å². The molecule has 1 aromatic rings. The van der Waals surface area contributed by atoms with Crippen LogP contribution in [0, 0.1) is 12.8 Å². The van der Waals surface area contributed by atoms with Crippen molar-refractivity contribution in [1.82, 2.24) is 20.1 Å². The molecule has 0 saturated carbocycles. The normalized spacial score (nSPS) is 10.8. The molecule has 1 amide bonds. The van der Waals surface area contributed by atoms with Gasteiger partial charge in [-0.15, -0.1) is 0 Å². The van der Waals surface area contributed by atoms with E-state index in [9.17, 15) is 4.79 Å². The zero-order valence-corrected chi connectivity index (χ0v) is 10.4. The molecule has 1 heterocycles. The molecule has 0 radical (unpaired) electrons. The zero-order valence-electron chi connectivity index (χ0n) is 10.4. The summed E-state index contributed by atoms with van der Waals surface area (Å²) in [5, 5.41) is 6.77. The molecule has 0 aliphatic rings. The molecule has 1 N–H and O–H groups in total. The molecule has 0 spiro atoms. The minimum atomic E-state index is 0.149. The number of amides is 1. The molecule has 0 saturated heterocycles. The summed E-state index contributed by atoms with van der Waals surface area (Å²) in [6.07, 6.45) is 1.52. The zero-order chi connectivity index (χ0) is 12.1. The third-order valence-corrected chi connectivity index (χ3v) is 2.38. The van der Waals surface area contributed by atoms with Crippen LogP contribution in [0.25, 0.3) is 0 Å². The Morgan fingerprint density at radius 2 is 2.19 bits per heavy atom. The van der Waals surface area contributed by atoms with Gasteiger partial charge in [-0.05, 0) is 19.3 Å². The Morgan fingerprint density at radius 3 is 2.69 bits per heavy atom. The van der Waals surface area contributed by atoms with Crippen LogP contribution in [-0.4, -0.2) is 33.0 Å². The highest BCUT2D eigenvalue weighted by Crippen LogP contribution is 2.06. The van der Waals surface area contributed by atoms with Crippen LogP contribution in [0.3, 0.4) is 0 Å². The molecular weight excluding hydrogens is 204 g/mol. The molecule has 0 aliphatic carbocycles. The van der Waals surface area contributed by atoms with Gasteiger partial charge in [-0.3, -0.25) is 9.89 Å². The van der Waals surface area contributed by atoms with Gasteiger partial charge < -0.3 is 4.90 Å². The van der Waals surface area contributed by atoms with Crippen LogP contribution in [0.4, 0.5) is 0 Å². The van der Waals surface area contributed by atoms with Crippen molar-refractivity contribution in [2.45, 2.75) is 40.2 Å². The third kappa shape index (κ3) is 4.00. The maximum Gasteiger partial charge on any atom is 0.222 e. The van der Waals surface area contributed by atoms with Gasteiger partial charge >= 0.3 is 0 Å². The van der Waals surface area contributed by atoms with Crippen molar-refractivity contribution in [3.05, 3.63) is 11.6 Å². The van der Waals surface area contributed by atoms with Gasteiger partial charge in [0.1, 0.15) is 5.82 Å². The number of aromatic amines is 1. The van der Waals surface area contributed by atoms with Crippen LogP contribution in [0.5, 0.6) is 0 Å². The highest BCUT2D eigenvalue weighted by Gasteiger charge is 2.11. The summed E-state index contributed by atoms with van der Waals surface area (Å²) in [5.41, 5.74) is 0. The van der Waals surface area contributed by atoms with E-state index in [0.29, 0.717) is 24.7 Å². The van der Waals surface area contributed by atoms with Gasteiger partial charge in [0.15, 0.2) is 5.82 Å². The van der Waals surface area contributed by atoms with Crippen LogP contribution in [0.15, 0.2) is 0 Å². The average Bonchev–Trinajstić information content (AvgIpc) is 2.60. The first-order valence-electron chi connectivity index (χ1n) is 5.61. The number of nitrogens with one attached hydrogen (secondary N) is 1. The number of nitrogens with zero attached hydrogens (tertiary/aromatic N) is 3. The van der Waals surface area contributed by atoms with Gasteiger partial charge in [0.05, 0.1) is 6.54 Å². The number of H-pyrrole nitrogens is 1. The van der Waals surface area contributed by atoms with E-state index in [0.717, 1.165) is 12.2 Å². The van der Waals surface area contributed by atoms with E-state index in [4.69, 9.17) is 0 Å². The molecule has 5 nitrogen and oxygen atoms in total. The van der Waals surface area contributed by atoms with E-state index < -0.39 is 0 Å². The maximum atomic E-state index is 11.7. The Kier molecular flexibility index (Phi) is 4.46. The monoisotopic (exact) mass is 224 g/mol. The summed E-state index contributed by atoms with van der Waals surface area (Å²) >= 11 is 0. The standard InChI is InChI=1S/C11H20N4O/c1-8(2)5-6-11(16)15(4)7-10-12-9(3)13-14-10/h8H,5-7H2,1-4H3,(H,12,13,14). The highest BCUT2D eigenvalue weighted by atomic mass is 16.2. The molecule has 5 heteroatoms. The van der Waals surface area contributed by atoms with Crippen molar-refractivity contribution in [2.75, 3.05) is 7.05 Å². The maximum absolute atomic E-state index is 11.7. The number of hydrogen-bond acceptors (Lipinski definition) is 3. The van der Waals surface area contributed by atoms with Crippen molar-refractivity contribution >= 4 is 5.91 Å². The summed E-state index contributed by atoms with van der Waals surface area (Å²) in [7, 11) is 1.79. The lowest BCUT2D eigenvalue weighted by molar-refractivity contribution is -0.130. The Labute approximate surface area is 96.3 Å². The van der Waals surface area contributed by atoms with E-state index in [-0.39, 0.29) is 5.91 Å². The quantitative estimate of drug-likeness (QED) is 0.824. The number of carbonyl (C=O) groups is 1. The molecule has 0 bridgehead atoms. The van der Waals surface area contributed by atoms with Gasteiger partial charge in [-0.2, -0.15) is 5.10 Å². The van der Waals surface area contributed by atoms with E-state index in [1.54, 1.807) is 11.9 Å². The summed E-state index contributed by atoms with van der Waals surface area (Å²) in [6.45, 7) is 6.55. The van der Waals surface area contributed by atoms with Crippen molar-refractivity contribution in [2.24, 2.45) is 5.92 Å². The summed E-state index contributed by atoms with van der Waals surface area (Å²) in [6, 6.07) is 0. The Bertz CT molecular complexity index is 346. The minimum Gasteiger partial charge on any atom is -0.338 e. The fourth-order valence-corrected chi connectivity index (χ4v) is 1.36.